The van der Waals surface area contributed by atoms with Crippen LogP contribution >= 0.6 is 11.8 Å². The van der Waals surface area contributed by atoms with Crippen molar-refractivity contribution in [2.24, 2.45) is 0 Å². The Morgan fingerprint density at radius 2 is 1.66 bits per heavy atom. The van der Waals surface area contributed by atoms with Crippen LogP contribution in [0.3, 0.4) is 0 Å². The Balaban J connectivity index is 1.47. The van der Waals surface area contributed by atoms with E-state index < -0.39 is 0 Å². The van der Waals surface area contributed by atoms with E-state index in [1.54, 1.807) is 6.07 Å². The molecule has 176 valence electrons. The molecule has 0 aliphatic carbocycles. The summed E-state index contributed by atoms with van der Waals surface area (Å²) in [5, 5.41) is 10.0. The van der Waals surface area contributed by atoms with Crippen molar-refractivity contribution >= 4 is 22.7 Å². The van der Waals surface area contributed by atoms with Gasteiger partial charge in [-0.25, -0.2) is 4.98 Å². The first-order valence-electron chi connectivity index (χ1n) is 11.4. The van der Waals surface area contributed by atoms with Crippen LogP contribution in [0.25, 0.3) is 16.6 Å². The molecule has 0 radical (unpaired) electrons. The molecule has 7 nitrogen and oxygen atoms in total. The summed E-state index contributed by atoms with van der Waals surface area (Å²) in [4.78, 5) is 20.2. The van der Waals surface area contributed by atoms with E-state index in [0.717, 1.165) is 22.6 Å². The van der Waals surface area contributed by atoms with Crippen LogP contribution in [0.4, 0.5) is 0 Å². The third kappa shape index (κ3) is 4.70. The van der Waals surface area contributed by atoms with Gasteiger partial charge in [0.15, 0.2) is 11.0 Å². The highest BCUT2D eigenvalue weighted by Gasteiger charge is 2.20. The van der Waals surface area contributed by atoms with Gasteiger partial charge in [0.2, 0.25) is 0 Å². The van der Waals surface area contributed by atoms with E-state index in [1.165, 1.54) is 11.8 Å². The number of nitrogens with one attached hydrogen (secondary N) is 1. The normalized spacial score (nSPS) is 12.1. The minimum atomic E-state index is -0.161. The van der Waals surface area contributed by atoms with Crippen molar-refractivity contribution in [3.05, 3.63) is 106 Å². The number of benzene rings is 3. The number of para-hydroxylation sites is 3. The minimum absolute atomic E-state index is 0.148. The molecule has 35 heavy (non-hydrogen) atoms. The van der Waals surface area contributed by atoms with Crippen molar-refractivity contribution in [1.29, 1.82) is 0 Å². The van der Waals surface area contributed by atoms with Crippen LogP contribution in [0.15, 0.2) is 82.7 Å². The molecule has 0 bridgehead atoms. The molecule has 0 unspecified atom stereocenters. The van der Waals surface area contributed by atoms with Gasteiger partial charge in [0, 0.05) is 5.69 Å². The number of nitrogens with zero attached hydrogens (tertiary/aromatic N) is 4. The van der Waals surface area contributed by atoms with E-state index in [4.69, 9.17) is 4.74 Å². The molecule has 5 aromatic rings. The number of hydrogen-bond donors (Lipinski definition) is 1. The van der Waals surface area contributed by atoms with Crippen molar-refractivity contribution in [3.8, 4) is 11.4 Å². The quantitative estimate of drug-likeness (QED) is 0.305. The van der Waals surface area contributed by atoms with Gasteiger partial charge in [0.1, 0.15) is 18.2 Å². The molecule has 0 saturated carbocycles. The van der Waals surface area contributed by atoms with Gasteiger partial charge in [0.25, 0.3) is 5.56 Å². The van der Waals surface area contributed by atoms with Crippen LogP contribution in [0.1, 0.15) is 34.9 Å². The Kier molecular flexibility index (Phi) is 6.37. The molecule has 0 aliphatic heterocycles. The third-order valence-electron chi connectivity index (χ3n) is 5.77. The zero-order valence-electron chi connectivity index (χ0n) is 19.7. The maximum atomic E-state index is 12.6. The van der Waals surface area contributed by atoms with E-state index >= 15 is 0 Å². The number of hydrogen-bond acceptors (Lipinski definition) is 6. The van der Waals surface area contributed by atoms with Gasteiger partial charge in [-0.2, -0.15) is 0 Å². The van der Waals surface area contributed by atoms with E-state index in [-0.39, 0.29) is 17.4 Å². The molecule has 0 fully saturated rings. The van der Waals surface area contributed by atoms with Crippen molar-refractivity contribution in [3.63, 3.8) is 0 Å². The summed E-state index contributed by atoms with van der Waals surface area (Å²) in [5.74, 6) is 2.14. The Bertz CT molecular complexity index is 1520. The van der Waals surface area contributed by atoms with E-state index in [0.29, 0.717) is 27.7 Å². The van der Waals surface area contributed by atoms with Crippen LogP contribution in [-0.2, 0) is 6.61 Å². The number of aromatic amines is 1. The van der Waals surface area contributed by atoms with Gasteiger partial charge in [-0.3, -0.25) is 9.36 Å². The fourth-order valence-electron chi connectivity index (χ4n) is 3.98. The largest absolute Gasteiger partial charge is 0.485 e. The molecule has 2 aromatic heterocycles. The molecule has 0 amide bonds. The van der Waals surface area contributed by atoms with Gasteiger partial charge < -0.3 is 9.72 Å². The van der Waals surface area contributed by atoms with Crippen molar-refractivity contribution in [2.75, 3.05) is 0 Å². The Morgan fingerprint density at radius 1 is 0.943 bits per heavy atom. The zero-order valence-corrected chi connectivity index (χ0v) is 20.5. The predicted octanol–water partition coefficient (Wildman–Crippen LogP) is 5.55. The molecule has 0 aliphatic rings. The predicted molar refractivity (Wildman–Crippen MR) is 138 cm³/mol. The molecule has 1 atom stereocenters. The molecule has 8 heteroatoms. The lowest BCUT2D eigenvalue weighted by atomic mass is 10.1. The highest BCUT2D eigenvalue weighted by molar-refractivity contribution is 7.99. The summed E-state index contributed by atoms with van der Waals surface area (Å²) in [5.41, 5.74) is 3.61. The van der Waals surface area contributed by atoms with Crippen LogP contribution in [0.2, 0.25) is 0 Å². The number of thioether (sulfide) groups is 1. The number of H-pyrrole nitrogens is 1. The fraction of sp³-hybridized carbons (Fsp3) is 0.185. The van der Waals surface area contributed by atoms with Crippen LogP contribution in [0, 0.1) is 13.8 Å². The molecule has 3 aromatic carbocycles. The summed E-state index contributed by atoms with van der Waals surface area (Å²) in [6, 6.07) is 23.4. The maximum Gasteiger partial charge on any atom is 0.258 e. The number of aromatic nitrogens is 5. The first kappa shape index (κ1) is 22.9. The van der Waals surface area contributed by atoms with Crippen LogP contribution in [-0.4, -0.2) is 24.7 Å². The molecule has 1 N–H and O–H groups in total. The summed E-state index contributed by atoms with van der Waals surface area (Å²) < 4.78 is 8.18. The molecular formula is C27H25N5O2S. The zero-order chi connectivity index (χ0) is 24.4. The highest BCUT2D eigenvalue weighted by atomic mass is 32.2. The van der Waals surface area contributed by atoms with Crippen LogP contribution in [0.5, 0.6) is 5.75 Å². The lowest BCUT2D eigenvalue weighted by Crippen LogP contribution is -2.13. The third-order valence-corrected chi connectivity index (χ3v) is 6.82. The topological polar surface area (TPSA) is 85.7 Å². The van der Waals surface area contributed by atoms with Gasteiger partial charge in [0.05, 0.1) is 16.2 Å². The highest BCUT2D eigenvalue weighted by Crippen LogP contribution is 2.34. The smallest absolute Gasteiger partial charge is 0.258 e. The molecule has 0 saturated heterocycles. The van der Waals surface area contributed by atoms with Crippen molar-refractivity contribution < 1.29 is 4.74 Å². The van der Waals surface area contributed by atoms with E-state index in [9.17, 15) is 4.79 Å². The fourth-order valence-corrected chi connectivity index (χ4v) is 4.92. The van der Waals surface area contributed by atoms with Gasteiger partial charge in [-0.1, -0.05) is 60.3 Å². The Labute approximate surface area is 207 Å². The standard InChI is InChI=1S/C27H25N5O2S/c1-17-10-9-11-18(2)24(17)34-16-23-30-31-27(32(23)20-12-5-4-6-13-20)35-19(3)25-28-22-15-8-7-14-21(22)26(33)29-25/h4-15,19H,16H2,1-3H3,(H,28,29,33)/t19-/m0/s1. The second-order valence-corrected chi connectivity index (χ2v) is 9.62. The molecular weight excluding hydrogens is 458 g/mol. The lowest BCUT2D eigenvalue weighted by molar-refractivity contribution is 0.289. The minimum Gasteiger partial charge on any atom is -0.485 e. The van der Waals surface area contributed by atoms with Gasteiger partial charge in [-0.15, -0.1) is 10.2 Å². The number of fused-ring (bicyclic) bond motifs is 1. The average Bonchev–Trinajstić information content (AvgIpc) is 3.26. The summed E-state index contributed by atoms with van der Waals surface area (Å²) >= 11 is 1.49. The van der Waals surface area contributed by atoms with E-state index in [1.807, 2.05) is 92.1 Å². The summed E-state index contributed by atoms with van der Waals surface area (Å²) in [6.07, 6.45) is 0. The van der Waals surface area contributed by atoms with Gasteiger partial charge in [-0.05, 0) is 56.2 Å². The molecule has 5 rings (SSSR count). The lowest BCUT2D eigenvalue weighted by Gasteiger charge is -2.15. The number of aryl methyl sites for hydroxylation is 2. The molecule has 2 heterocycles. The van der Waals surface area contributed by atoms with Gasteiger partial charge >= 0.3 is 0 Å². The number of rotatable bonds is 7. The van der Waals surface area contributed by atoms with E-state index in [2.05, 4.69) is 20.2 Å². The average molecular weight is 484 g/mol. The first-order valence-corrected chi connectivity index (χ1v) is 12.2. The van der Waals surface area contributed by atoms with Crippen molar-refractivity contribution in [2.45, 2.75) is 37.8 Å². The SMILES string of the molecule is Cc1cccc(C)c1OCc1nnc(S[C@@H](C)c2nc3ccccc3c(=O)[nH]2)n1-c1ccccc1. The van der Waals surface area contributed by atoms with Crippen LogP contribution < -0.4 is 10.3 Å². The monoisotopic (exact) mass is 483 g/mol. The van der Waals surface area contributed by atoms with Crippen molar-refractivity contribution in [1.82, 2.24) is 24.7 Å². The maximum absolute atomic E-state index is 12.6. The Hall–Kier alpha value is -3.91. The summed E-state index contributed by atoms with van der Waals surface area (Å²) in [7, 11) is 0. The second kappa shape index (κ2) is 9.76. The Morgan fingerprint density at radius 3 is 2.43 bits per heavy atom. The molecule has 0 spiro atoms. The summed E-state index contributed by atoms with van der Waals surface area (Å²) in [6.45, 7) is 6.33. The number of ether oxygens (including phenoxy) is 1. The second-order valence-electron chi connectivity index (χ2n) is 8.31. The first-order chi connectivity index (χ1) is 17.0.